The number of benzene rings is 4. The first-order valence-electron chi connectivity index (χ1n) is 10.6. The van der Waals surface area contributed by atoms with Crippen molar-refractivity contribution in [2.75, 3.05) is 6.61 Å². The zero-order valence-corrected chi connectivity index (χ0v) is 17.9. The third kappa shape index (κ3) is 5.18. The number of fused-ring (bicyclic) bond motifs is 1. The molecular formula is C28H20F4O. The van der Waals surface area contributed by atoms with E-state index in [1.54, 1.807) is 30.3 Å². The number of unbranched alkanes of at least 4 members (excludes halogenated alkanes) is 1. The van der Waals surface area contributed by atoms with Gasteiger partial charge in [-0.1, -0.05) is 37.3 Å². The normalized spacial score (nSPS) is 10.7. The van der Waals surface area contributed by atoms with Crippen LogP contribution in [0.1, 0.15) is 30.9 Å². The summed E-state index contributed by atoms with van der Waals surface area (Å²) in [7, 11) is 0. The van der Waals surface area contributed by atoms with E-state index in [1.807, 2.05) is 6.92 Å². The van der Waals surface area contributed by atoms with Crippen LogP contribution in [0.5, 0.6) is 5.75 Å². The number of ether oxygens (including phenoxy) is 1. The van der Waals surface area contributed by atoms with Crippen LogP contribution < -0.4 is 4.74 Å². The standard InChI is InChI=1S/C28H20F4O/c1-2-3-12-33-23-9-11-24(28(32)17-23)21-15-26(30)25(27(31)16-21)10-5-18-4-6-20-14-22(29)8-7-19(20)13-18/h4,6-9,11,13-17H,2-3,12H2,1H3. The van der Waals surface area contributed by atoms with Crippen LogP contribution in [0.25, 0.3) is 21.9 Å². The molecule has 5 heteroatoms. The highest BCUT2D eigenvalue weighted by Gasteiger charge is 2.14. The van der Waals surface area contributed by atoms with Crippen LogP contribution in [0.3, 0.4) is 0 Å². The van der Waals surface area contributed by atoms with Crippen molar-refractivity contribution in [1.82, 2.24) is 0 Å². The SMILES string of the molecule is CCCCOc1ccc(-c2cc(F)c(C#Cc3ccc4cc(F)ccc4c3)c(F)c2)c(F)c1. The van der Waals surface area contributed by atoms with Gasteiger partial charge in [-0.25, -0.2) is 17.6 Å². The van der Waals surface area contributed by atoms with Crippen molar-refractivity contribution in [3.8, 4) is 28.7 Å². The topological polar surface area (TPSA) is 9.23 Å². The molecule has 0 saturated carbocycles. The molecule has 0 spiro atoms. The molecule has 4 aromatic carbocycles. The van der Waals surface area contributed by atoms with Gasteiger partial charge in [0.25, 0.3) is 0 Å². The number of hydrogen-bond acceptors (Lipinski definition) is 1. The predicted octanol–water partition coefficient (Wildman–Crippen LogP) is 7.64. The fourth-order valence-electron chi connectivity index (χ4n) is 3.43. The number of hydrogen-bond donors (Lipinski definition) is 0. The lowest BCUT2D eigenvalue weighted by Gasteiger charge is -2.09. The molecule has 33 heavy (non-hydrogen) atoms. The second kappa shape index (κ2) is 9.79. The summed E-state index contributed by atoms with van der Waals surface area (Å²) in [6.45, 7) is 2.49. The quantitative estimate of drug-likeness (QED) is 0.173. The predicted molar refractivity (Wildman–Crippen MR) is 122 cm³/mol. The minimum absolute atomic E-state index is 0.0666. The molecule has 4 aromatic rings. The molecule has 0 heterocycles. The van der Waals surface area contributed by atoms with E-state index >= 15 is 0 Å². The van der Waals surface area contributed by atoms with E-state index < -0.39 is 23.0 Å². The third-order valence-electron chi connectivity index (χ3n) is 5.19. The van der Waals surface area contributed by atoms with Gasteiger partial charge in [-0.05, 0) is 71.3 Å². The first kappa shape index (κ1) is 22.4. The van der Waals surface area contributed by atoms with E-state index in [0.717, 1.165) is 30.4 Å². The monoisotopic (exact) mass is 448 g/mol. The van der Waals surface area contributed by atoms with Crippen molar-refractivity contribution in [3.05, 3.63) is 101 Å². The Morgan fingerprint density at radius 2 is 1.45 bits per heavy atom. The highest BCUT2D eigenvalue weighted by molar-refractivity contribution is 5.84. The third-order valence-corrected chi connectivity index (χ3v) is 5.19. The van der Waals surface area contributed by atoms with Crippen molar-refractivity contribution < 1.29 is 22.3 Å². The lowest BCUT2D eigenvalue weighted by Crippen LogP contribution is -1.98. The Bertz CT molecular complexity index is 1360. The minimum Gasteiger partial charge on any atom is -0.493 e. The molecule has 0 aliphatic heterocycles. The van der Waals surface area contributed by atoms with Gasteiger partial charge in [-0.3, -0.25) is 0 Å². The summed E-state index contributed by atoms with van der Waals surface area (Å²) in [5.41, 5.74) is 0.261. The van der Waals surface area contributed by atoms with Crippen LogP contribution in [0, 0.1) is 35.1 Å². The molecule has 0 unspecified atom stereocenters. The van der Waals surface area contributed by atoms with Gasteiger partial charge in [0, 0.05) is 17.2 Å². The summed E-state index contributed by atoms with van der Waals surface area (Å²) >= 11 is 0. The fraction of sp³-hybridized carbons (Fsp3) is 0.143. The molecule has 0 bridgehead atoms. The fourth-order valence-corrected chi connectivity index (χ4v) is 3.43. The smallest absolute Gasteiger partial charge is 0.142 e. The zero-order chi connectivity index (χ0) is 23.4. The molecule has 4 rings (SSSR count). The van der Waals surface area contributed by atoms with E-state index in [0.29, 0.717) is 23.3 Å². The molecular weight excluding hydrogens is 428 g/mol. The number of halogens is 4. The highest BCUT2D eigenvalue weighted by Crippen LogP contribution is 2.29. The summed E-state index contributed by atoms with van der Waals surface area (Å²) < 4.78 is 62.7. The van der Waals surface area contributed by atoms with Crippen molar-refractivity contribution >= 4 is 10.8 Å². The largest absolute Gasteiger partial charge is 0.493 e. The molecule has 0 atom stereocenters. The molecule has 0 aliphatic carbocycles. The van der Waals surface area contributed by atoms with Gasteiger partial charge in [0.1, 0.15) is 29.0 Å². The van der Waals surface area contributed by atoms with Gasteiger partial charge in [0.2, 0.25) is 0 Å². The molecule has 0 saturated heterocycles. The maximum atomic E-state index is 14.7. The van der Waals surface area contributed by atoms with Crippen molar-refractivity contribution in [2.45, 2.75) is 19.8 Å². The molecule has 0 amide bonds. The lowest BCUT2D eigenvalue weighted by molar-refractivity contribution is 0.308. The van der Waals surface area contributed by atoms with Gasteiger partial charge in [-0.2, -0.15) is 0 Å². The average Bonchev–Trinajstić information content (AvgIpc) is 2.78. The van der Waals surface area contributed by atoms with E-state index in [4.69, 9.17) is 4.74 Å². The Labute approximate surface area is 189 Å². The van der Waals surface area contributed by atoms with Gasteiger partial charge in [-0.15, -0.1) is 0 Å². The maximum absolute atomic E-state index is 14.7. The van der Waals surface area contributed by atoms with Gasteiger partial charge >= 0.3 is 0 Å². The Morgan fingerprint density at radius 3 is 2.18 bits per heavy atom. The van der Waals surface area contributed by atoms with Crippen LogP contribution in [-0.2, 0) is 0 Å². The van der Waals surface area contributed by atoms with E-state index in [1.165, 1.54) is 24.3 Å². The maximum Gasteiger partial charge on any atom is 0.142 e. The molecule has 166 valence electrons. The Hall–Kier alpha value is -3.78. The second-order valence-corrected chi connectivity index (χ2v) is 7.61. The minimum atomic E-state index is -0.886. The summed E-state index contributed by atoms with van der Waals surface area (Å²) in [5, 5.41) is 1.46. The molecule has 1 nitrogen and oxygen atoms in total. The second-order valence-electron chi connectivity index (χ2n) is 7.61. The Morgan fingerprint density at radius 1 is 0.727 bits per heavy atom. The number of rotatable bonds is 5. The van der Waals surface area contributed by atoms with Crippen LogP contribution in [0.4, 0.5) is 17.6 Å². The van der Waals surface area contributed by atoms with Gasteiger partial charge in [0.15, 0.2) is 0 Å². The summed E-state index contributed by atoms with van der Waals surface area (Å²) in [5.74, 6) is 2.87. The molecule has 0 fully saturated rings. The lowest BCUT2D eigenvalue weighted by atomic mass is 10.0. The van der Waals surface area contributed by atoms with E-state index in [2.05, 4.69) is 11.8 Å². The van der Waals surface area contributed by atoms with Gasteiger partial charge in [0.05, 0.1) is 12.2 Å². The summed E-state index contributed by atoms with van der Waals surface area (Å²) in [6.07, 6.45) is 1.80. The van der Waals surface area contributed by atoms with Crippen molar-refractivity contribution in [3.63, 3.8) is 0 Å². The summed E-state index contributed by atoms with van der Waals surface area (Å²) in [4.78, 5) is 0. The van der Waals surface area contributed by atoms with Crippen LogP contribution in [0.2, 0.25) is 0 Å². The van der Waals surface area contributed by atoms with Gasteiger partial charge < -0.3 is 4.74 Å². The van der Waals surface area contributed by atoms with Crippen LogP contribution >= 0.6 is 0 Å². The summed E-state index contributed by atoms with van der Waals surface area (Å²) in [6, 6.07) is 15.7. The van der Waals surface area contributed by atoms with Crippen LogP contribution in [0.15, 0.2) is 66.7 Å². The van der Waals surface area contributed by atoms with Crippen LogP contribution in [-0.4, -0.2) is 6.61 Å². The van der Waals surface area contributed by atoms with E-state index in [9.17, 15) is 17.6 Å². The van der Waals surface area contributed by atoms with E-state index in [-0.39, 0.29) is 16.9 Å². The highest BCUT2D eigenvalue weighted by atomic mass is 19.1. The molecule has 0 radical (unpaired) electrons. The Balaban J connectivity index is 1.60. The first-order valence-corrected chi connectivity index (χ1v) is 10.6. The van der Waals surface area contributed by atoms with Crippen molar-refractivity contribution in [1.29, 1.82) is 0 Å². The molecule has 0 aliphatic rings. The van der Waals surface area contributed by atoms with Crippen molar-refractivity contribution in [2.24, 2.45) is 0 Å². The first-order chi connectivity index (χ1) is 15.9. The Kier molecular flexibility index (Phi) is 6.65. The zero-order valence-electron chi connectivity index (χ0n) is 17.9. The average molecular weight is 448 g/mol. The molecule has 0 aromatic heterocycles. The molecule has 0 N–H and O–H groups in total.